The Balaban J connectivity index is 3.29. The highest BCUT2D eigenvalue weighted by Gasteiger charge is 2.17. The molecule has 1 heterocycles. The zero-order valence-corrected chi connectivity index (χ0v) is 7.21. The van der Waals surface area contributed by atoms with Crippen LogP contribution in [0.1, 0.15) is 12.5 Å². The first-order chi connectivity index (χ1) is 5.66. The molecule has 0 fully saturated rings. The van der Waals surface area contributed by atoms with Crippen molar-refractivity contribution in [1.82, 2.24) is 4.98 Å². The summed E-state index contributed by atoms with van der Waals surface area (Å²) in [5, 5.41) is 10.4. The summed E-state index contributed by atoms with van der Waals surface area (Å²) in [4.78, 5) is 13.6. The van der Waals surface area contributed by atoms with Crippen LogP contribution in [0.25, 0.3) is 0 Å². The molecule has 0 aliphatic heterocycles. The highest BCUT2D eigenvalue weighted by Crippen LogP contribution is 2.25. The first kappa shape index (κ1) is 8.93. The van der Waals surface area contributed by atoms with Crippen LogP contribution in [-0.4, -0.2) is 9.91 Å². The van der Waals surface area contributed by atoms with Crippen LogP contribution in [0.5, 0.6) is 0 Å². The van der Waals surface area contributed by atoms with Gasteiger partial charge in [0.15, 0.2) is 0 Å². The van der Waals surface area contributed by atoms with E-state index in [2.05, 4.69) is 4.98 Å². The van der Waals surface area contributed by atoms with Crippen molar-refractivity contribution in [1.29, 1.82) is 0 Å². The van der Waals surface area contributed by atoms with Crippen molar-refractivity contribution in [3.63, 3.8) is 0 Å². The lowest BCUT2D eigenvalue weighted by atomic mass is 10.2. The molecule has 0 saturated heterocycles. The van der Waals surface area contributed by atoms with E-state index in [1.54, 1.807) is 6.07 Å². The molecule has 0 spiro atoms. The third kappa shape index (κ3) is 1.53. The summed E-state index contributed by atoms with van der Waals surface area (Å²) >= 11 is 5.55. The average Bonchev–Trinajstić information content (AvgIpc) is 2.03. The molecule has 1 aromatic heterocycles. The summed E-state index contributed by atoms with van der Waals surface area (Å²) in [6, 6.07) is 1.60. The van der Waals surface area contributed by atoms with Gasteiger partial charge in [0.25, 0.3) is 0 Å². The van der Waals surface area contributed by atoms with Gasteiger partial charge in [0.05, 0.1) is 4.92 Å². The minimum absolute atomic E-state index is 0.0423. The van der Waals surface area contributed by atoms with Crippen LogP contribution in [0, 0.1) is 10.1 Å². The minimum atomic E-state index is -0.506. The van der Waals surface area contributed by atoms with E-state index in [1.807, 2.05) is 6.92 Å². The highest BCUT2D eigenvalue weighted by atomic mass is 35.5. The molecule has 0 saturated carbocycles. The Morgan fingerprint density at radius 1 is 1.75 bits per heavy atom. The SMILES string of the molecule is CCc1ccnc(Cl)c1[N+](=O)[O-]. The van der Waals surface area contributed by atoms with E-state index >= 15 is 0 Å². The molecule has 64 valence electrons. The number of aryl methyl sites for hydroxylation is 1. The Morgan fingerprint density at radius 2 is 2.42 bits per heavy atom. The maximum Gasteiger partial charge on any atom is 0.309 e. The van der Waals surface area contributed by atoms with Gasteiger partial charge in [-0.05, 0) is 12.5 Å². The molecular weight excluding hydrogens is 180 g/mol. The lowest BCUT2D eigenvalue weighted by molar-refractivity contribution is -0.385. The Labute approximate surface area is 74.3 Å². The maximum atomic E-state index is 10.5. The Morgan fingerprint density at radius 3 is 2.83 bits per heavy atom. The lowest BCUT2D eigenvalue weighted by Crippen LogP contribution is -1.96. The van der Waals surface area contributed by atoms with Gasteiger partial charge in [0.2, 0.25) is 5.15 Å². The molecule has 5 heteroatoms. The van der Waals surface area contributed by atoms with Crippen molar-refractivity contribution in [3.05, 3.63) is 33.1 Å². The highest BCUT2D eigenvalue weighted by molar-refractivity contribution is 6.31. The van der Waals surface area contributed by atoms with Crippen LogP contribution >= 0.6 is 11.6 Å². The average molecular weight is 187 g/mol. The summed E-state index contributed by atoms with van der Waals surface area (Å²) in [6.07, 6.45) is 2.05. The van der Waals surface area contributed by atoms with Gasteiger partial charge in [-0.25, -0.2) is 4.98 Å². The fourth-order valence-corrected chi connectivity index (χ4v) is 1.19. The number of pyridine rings is 1. The van der Waals surface area contributed by atoms with E-state index in [4.69, 9.17) is 11.6 Å². The van der Waals surface area contributed by atoms with E-state index < -0.39 is 4.92 Å². The Bertz CT molecular complexity index is 314. The quantitative estimate of drug-likeness (QED) is 0.404. The van der Waals surface area contributed by atoms with E-state index in [0.717, 1.165) is 0 Å². The molecule has 12 heavy (non-hydrogen) atoms. The van der Waals surface area contributed by atoms with Crippen LogP contribution in [0.3, 0.4) is 0 Å². The first-order valence-corrected chi connectivity index (χ1v) is 3.82. The fourth-order valence-electron chi connectivity index (χ4n) is 0.943. The molecule has 0 bridgehead atoms. The molecular formula is C7H7ClN2O2. The molecule has 0 aliphatic carbocycles. The second-order valence-electron chi connectivity index (χ2n) is 2.22. The summed E-state index contributed by atoms with van der Waals surface area (Å²) in [5.74, 6) is 0. The van der Waals surface area contributed by atoms with Gasteiger partial charge in [-0.3, -0.25) is 10.1 Å². The summed E-state index contributed by atoms with van der Waals surface area (Å²) in [6.45, 7) is 1.83. The molecule has 0 N–H and O–H groups in total. The predicted octanol–water partition coefficient (Wildman–Crippen LogP) is 2.21. The molecule has 4 nitrogen and oxygen atoms in total. The lowest BCUT2D eigenvalue weighted by Gasteiger charge is -1.98. The van der Waals surface area contributed by atoms with Crippen LogP contribution in [-0.2, 0) is 6.42 Å². The molecule has 0 aliphatic rings. The number of hydrogen-bond acceptors (Lipinski definition) is 3. The first-order valence-electron chi connectivity index (χ1n) is 3.44. The number of rotatable bonds is 2. The predicted molar refractivity (Wildman–Crippen MR) is 45.3 cm³/mol. The number of nitrogens with zero attached hydrogens (tertiary/aromatic N) is 2. The summed E-state index contributed by atoms with van der Waals surface area (Å²) < 4.78 is 0. The minimum Gasteiger partial charge on any atom is -0.258 e. The number of aromatic nitrogens is 1. The summed E-state index contributed by atoms with van der Waals surface area (Å²) in [7, 11) is 0. The van der Waals surface area contributed by atoms with Gasteiger partial charge < -0.3 is 0 Å². The molecule has 1 aromatic rings. The van der Waals surface area contributed by atoms with Gasteiger partial charge in [0, 0.05) is 11.8 Å². The van der Waals surface area contributed by atoms with Gasteiger partial charge in [-0.2, -0.15) is 0 Å². The van der Waals surface area contributed by atoms with Gasteiger partial charge in [-0.15, -0.1) is 0 Å². The van der Waals surface area contributed by atoms with E-state index in [-0.39, 0.29) is 10.8 Å². The molecule has 0 aromatic carbocycles. The van der Waals surface area contributed by atoms with E-state index in [9.17, 15) is 10.1 Å². The van der Waals surface area contributed by atoms with Crippen LogP contribution in [0.15, 0.2) is 12.3 Å². The number of hydrogen-bond donors (Lipinski definition) is 0. The maximum absolute atomic E-state index is 10.5. The number of halogens is 1. The molecule has 1 rings (SSSR count). The van der Waals surface area contributed by atoms with Crippen molar-refractivity contribution in [2.24, 2.45) is 0 Å². The third-order valence-electron chi connectivity index (χ3n) is 1.53. The standard InChI is InChI=1S/C7H7ClN2O2/c1-2-5-3-4-9-7(8)6(5)10(11)12/h3-4H,2H2,1H3. The van der Waals surface area contributed by atoms with Crippen molar-refractivity contribution >= 4 is 17.3 Å². The van der Waals surface area contributed by atoms with E-state index in [0.29, 0.717) is 12.0 Å². The molecule has 0 radical (unpaired) electrons. The van der Waals surface area contributed by atoms with Gasteiger partial charge in [-0.1, -0.05) is 18.5 Å². The van der Waals surface area contributed by atoms with Crippen molar-refractivity contribution < 1.29 is 4.92 Å². The van der Waals surface area contributed by atoms with Crippen LogP contribution in [0.2, 0.25) is 5.15 Å². The molecule has 0 unspecified atom stereocenters. The second-order valence-corrected chi connectivity index (χ2v) is 2.58. The van der Waals surface area contributed by atoms with Crippen LogP contribution in [0.4, 0.5) is 5.69 Å². The Hall–Kier alpha value is -1.16. The Kier molecular flexibility index (Phi) is 2.60. The smallest absolute Gasteiger partial charge is 0.258 e. The van der Waals surface area contributed by atoms with Gasteiger partial charge in [0.1, 0.15) is 0 Å². The van der Waals surface area contributed by atoms with Crippen molar-refractivity contribution in [3.8, 4) is 0 Å². The zero-order valence-electron chi connectivity index (χ0n) is 6.45. The topological polar surface area (TPSA) is 56.0 Å². The molecule has 0 atom stereocenters. The third-order valence-corrected chi connectivity index (χ3v) is 1.80. The van der Waals surface area contributed by atoms with Crippen molar-refractivity contribution in [2.45, 2.75) is 13.3 Å². The summed E-state index contributed by atoms with van der Waals surface area (Å²) in [5.41, 5.74) is 0.529. The molecule has 0 amide bonds. The van der Waals surface area contributed by atoms with Crippen LogP contribution < -0.4 is 0 Å². The fraction of sp³-hybridized carbons (Fsp3) is 0.286. The second kappa shape index (κ2) is 3.49. The van der Waals surface area contributed by atoms with Gasteiger partial charge >= 0.3 is 5.69 Å². The van der Waals surface area contributed by atoms with E-state index in [1.165, 1.54) is 6.20 Å². The van der Waals surface area contributed by atoms with Crippen molar-refractivity contribution in [2.75, 3.05) is 0 Å². The zero-order chi connectivity index (χ0) is 9.14. The largest absolute Gasteiger partial charge is 0.309 e. The number of nitro groups is 1. The monoisotopic (exact) mass is 186 g/mol. The normalized spacial score (nSPS) is 9.83.